The van der Waals surface area contributed by atoms with Gasteiger partial charge in [0.25, 0.3) is 0 Å². The summed E-state index contributed by atoms with van der Waals surface area (Å²) < 4.78 is 13.0. The molecule has 0 aliphatic rings. The van der Waals surface area contributed by atoms with Crippen LogP contribution >= 0.6 is 0 Å². The molecular weight excluding hydrogens is 251 g/mol. The summed E-state index contributed by atoms with van der Waals surface area (Å²) in [6.45, 7) is 1.88. The molecule has 0 saturated carbocycles. The molecule has 5 nitrogen and oxygen atoms in total. The fourth-order valence-electron chi connectivity index (χ4n) is 1.58. The normalized spacial score (nSPS) is 11.7. The van der Waals surface area contributed by atoms with Gasteiger partial charge in [-0.2, -0.15) is 0 Å². The Balaban J connectivity index is 2.60. The number of nitrogens with one attached hydrogen (secondary N) is 1. The monoisotopic (exact) mass is 268 g/mol. The quantitative estimate of drug-likeness (QED) is 0.856. The minimum atomic E-state index is -1.07. The lowest BCUT2D eigenvalue weighted by Gasteiger charge is -2.20. The Bertz CT molecular complexity index is 465. The number of aliphatic carboxylic acids is 1. The number of carboxylic acids is 1. The lowest BCUT2D eigenvalue weighted by atomic mass is 10.2. The topological polar surface area (TPSA) is 69.6 Å². The van der Waals surface area contributed by atoms with E-state index in [0.29, 0.717) is 12.0 Å². The van der Waals surface area contributed by atoms with Gasteiger partial charge in [0, 0.05) is 13.6 Å². The molecule has 1 unspecified atom stereocenters. The first-order chi connectivity index (χ1) is 8.93. The maximum Gasteiger partial charge on any atom is 0.326 e. The zero-order chi connectivity index (χ0) is 14.4. The summed E-state index contributed by atoms with van der Waals surface area (Å²) in [5.41, 5.74) is 0.640. The second kappa shape index (κ2) is 6.72. The number of carbonyl (C=O) groups is 2. The molecule has 1 aromatic rings. The Labute approximate surface area is 111 Å². The van der Waals surface area contributed by atoms with Gasteiger partial charge in [0.2, 0.25) is 0 Å². The fourth-order valence-corrected chi connectivity index (χ4v) is 1.58. The zero-order valence-electron chi connectivity index (χ0n) is 10.9. The number of rotatable bonds is 5. The Morgan fingerprint density at radius 1 is 1.47 bits per heavy atom. The first-order valence-electron chi connectivity index (χ1n) is 5.93. The van der Waals surface area contributed by atoms with Crippen LogP contribution in [0.15, 0.2) is 24.3 Å². The molecule has 0 saturated heterocycles. The molecule has 6 heteroatoms. The van der Waals surface area contributed by atoms with Crippen molar-refractivity contribution in [3.05, 3.63) is 35.6 Å². The van der Waals surface area contributed by atoms with Crippen LogP contribution in [0, 0.1) is 5.82 Å². The van der Waals surface area contributed by atoms with Crippen LogP contribution in [0.25, 0.3) is 0 Å². The van der Waals surface area contributed by atoms with Crippen LogP contribution < -0.4 is 5.32 Å². The average Bonchev–Trinajstić information content (AvgIpc) is 2.35. The highest BCUT2D eigenvalue weighted by Gasteiger charge is 2.19. The van der Waals surface area contributed by atoms with Crippen LogP contribution in [0.4, 0.5) is 9.18 Å². The minimum Gasteiger partial charge on any atom is -0.480 e. The highest BCUT2D eigenvalue weighted by atomic mass is 19.1. The van der Waals surface area contributed by atoms with E-state index < -0.39 is 18.0 Å². The standard InChI is InChI=1S/C13H17FN2O3/c1-3-11(12(17)18)15-13(19)16(2)8-9-5-4-6-10(14)7-9/h4-7,11H,3,8H2,1-2H3,(H,15,19)(H,17,18). The minimum absolute atomic E-state index is 0.208. The second-order valence-corrected chi connectivity index (χ2v) is 4.23. The predicted octanol–water partition coefficient (Wildman–Crippen LogP) is 1.83. The Hall–Kier alpha value is -2.11. The summed E-state index contributed by atoms with van der Waals surface area (Å²) >= 11 is 0. The van der Waals surface area contributed by atoms with E-state index in [1.807, 2.05) is 0 Å². The molecule has 104 valence electrons. The zero-order valence-corrected chi connectivity index (χ0v) is 10.9. The van der Waals surface area contributed by atoms with E-state index in [2.05, 4.69) is 5.32 Å². The molecule has 1 atom stereocenters. The van der Waals surface area contributed by atoms with E-state index in [-0.39, 0.29) is 12.4 Å². The van der Waals surface area contributed by atoms with Gasteiger partial charge in [0.15, 0.2) is 0 Å². The van der Waals surface area contributed by atoms with Crippen LogP contribution in [0.5, 0.6) is 0 Å². The number of carboxylic acid groups (broad SMARTS) is 1. The molecule has 0 heterocycles. The number of carbonyl (C=O) groups excluding carboxylic acids is 1. The molecule has 0 radical (unpaired) electrons. The van der Waals surface area contributed by atoms with Gasteiger partial charge in [-0.15, -0.1) is 0 Å². The van der Waals surface area contributed by atoms with E-state index in [4.69, 9.17) is 5.11 Å². The van der Waals surface area contributed by atoms with Crippen LogP contribution in [0.3, 0.4) is 0 Å². The molecule has 0 spiro atoms. The van der Waals surface area contributed by atoms with Crippen molar-refractivity contribution in [3.8, 4) is 0 Å². The lowest BCUT2D eigenvalue weighted by Crippen LogP contribution is -2.46. The summed E-state index contributed by atoms with van der Waals surface area (Å²) in [4.78, 5) is 23.9. The van der Waals surface area contributed by atoms with Gasteiger partial charge in [-0.05, 0) is 24.1 Å². The smallest absolute Gasteiger partial charge is 0.326 e. The maximum atomic E-state index is 13.0. The molecule has 1 aromatic carbocycles. The average molecular weight is 268 g/mol. The van der Waals surface area contributed by atoms with Crippen molar-refractivity contribution in [3.63, 3.8) is 0 Å². The van der Waals surface area contributed by atoms with Crippen LogP contribution in [0.1, 0.15) is 18.9 Å². The highest BCUT2D eigenvalue weighted by molar-refractivity contribution is 5.82. The van der Waals surface area contributed by atoms with Crippen molar-refractivity contribution in [2.24, 2.45) is 0 Å². The van der Waals surface area contributed by atoms with Gasteiger partial charge >= 0.3 is 12.0 Å². The van der Waals surface area contributed by atoms with E-state index in [9.17, 15) is 14.0 Å². The SMILES string of the molecule is CCC(NC(=O)N(C)Cc1cccc(F)c1)C(=O)O. The molecule has 0 aliphatic heterocycles. The molecule has 2 amide bonds. The van der Waals surface area contributed by atoms with Crippen LogP contribution in [-0.2, 0) is 11.3 Å². The Morgan fingerprint density at radius 3 is 2.68 bits per heavy atom. The number of halogens is 1. The number of hydrogen-bond acceptors (Lipinski definition) is 2. The third kappa shape index (κ3) is 4.57. The number of hydrogen-bond donors (Lipinski definition) is 2. The number of benzene rings is 1. The van der Waals surface area contributed by atoms with E-state index in [1.165, 1.54) is 24.1 Å². The number of amides is 2. The summed E-state index contributed by atoms with van der Waals surface area (Å²) in [6, 6.07) is 4.49. The van der Waals surface area contributed by atoms with Gasteiger partial charge in [-0.3, -0.25) is 0 Å². The third-order valence-electron chi connectivity index (χ3n) is 2.66. The molecule has 0 aliphatic carbocycles. The number of nitrogens with zero attached hydrogens (tertiary/aromatic N) is 1. The van der Waals surface area contributed by atoms with Gasteiger partial charge in [0.1, 0.15) is 11.9 Å². The van der Waals surface area contributed by atoms with E-state index in [0.717, 1.165) is 0 Å². The molecule has 0 fully saturated rings. The van der Waals surface area contributed by atoms with Gasteiger partial charge in [0.05, 0.1) is 0 Å². The van der Waals surface area contributed by atoms with Gasteiger partial charge in [-0.1, -0.05) is 19.1 Å². The Morgan fingerprint density at radius 2 is 2.16 bits per heavy atom. The molecule has 1 rings (SSSR count). The Kier molecular flexibility index (Phi) is 5.29. The highest BCUT2D eigenvalue weighted by Crippen LogP contribution is 2.06. The molecule has 19 heavy (non-hydrogen) atoms. The summed E-state index contributed by atoms with van der Waals surface area (Å²) in [5.74, 6) is -1.45. The summed E-state index contributed by atoms with van der Waals surface area (Å²) in [7, 11) is 1.52. The van der Waals surface area contributed by atoms with Crippen LogP contribution in [-0.4, -0.2) is 35.1 Å². The largest absolute Gasteiger partial charge is 0.480 e. The molecule has 0 bridgehead atoms. The molecule has 0 aromatic heterocycles. The summed E-state index contributed by atoms with van der Waals surface area (Å²) in [6.07, 6.45) is 0.300. The predicted molar refractivity (Wildman–Crippen MR) is 68.1 cm³/mol. The van der Waals surface area contributed by atoms with E-state index >= 15 is 0 Å². The van der Waals surface area contributed by atoms with Crippen molar-refractivity contribution in [2.75, 3.05) is 7.05 Å². The lowest BCUT2D eigenvalue weighted by molar-refractivity contribution is -0.139. The summed E-state index contributed by atoms with van der Waals surface area (Å²) in [5, 5.41) is 11.2. The van der Waals surface area contributed by atoms with Crippen molar-refractivity contribution in [2.45, 2.75) is 25.9 Å². The van der Waals surface area contributed by atoms with E-state index in [1.54, 1.807) is 19.1 Å². The van der Waals surface area contributed by atoms with Crippen molar-refractivity contribution < 1.29 is 19.1 Å². The van der Waals surface area contributed by atoms with Crippen molar-refractivity contribution in [1.82, 2.24) is 10.2 Å². The first kappa shape index (κ1) is 14.9. The first-order valence-corrected chi connectivity index (χ1v) is 5.93. The molecule has 2 N–H and O–H groups in total. The number of urea groups is 1. The fraction of sp³-hybridized carbons (Fsp3) is 0.385. The van der Waals surface area contributed by atoms with Crippen LogP contribution in [0.2, 0.25) is 0 Å². The molecular formula is C13H17FN2O3. The van der Waals surface area contributed by atoms with Gasteiger partial charge in [-0.25, -0.2) is 14.0 Å². The third-order valence-corrected chi connectivity index (χ3v) is 2.66. The maximum absolute atomic E-state index is 13.0. The van der Waals surface area contributed by atoms with Crippen molar-refractivity contribution >= 4 is 12.0 Å². The van der Waals surface area contributed by atoms with Gasteiger partial charge < -0.3 is 15.3 Å². The van der Waals surface area contributed by atoms with Crippen molar-refractivity contribution in [1.29, 1.82) is 0 Å². The second-order valence-electron chi connectivity index (χ2n) is 4.23.